The van der Waals surface area contributed by atoms with Crippen LogP contribution in [0.4, 0.5) is 0 Å². The van der Waals surface area contributed by atoms with Crippen molar-refractivity contribution in [3.63, 3.8) is 0 Å². The molecule has 0 radical (unpaired) electrons. The molecule has 0 aromatic carbocycles. The second-order valence-electron chi connectivity index (χ2n) is 1.85. The molecular weight excluding hydrogens is 114 g/mol. The van der Waals surface area contributed by atoms with Gasteiger partial charge in [-0.25, -0.2) is 0 Å². The fourth-order valence-corrected chi connectivity index (χ4v) is 0.502. The molecule has 54 valence electrons. The van der Waals surface area contributed by atoms with Crippen molar-refractivity contribution in [3.8, 4) is 0 Å². The molecule has 0 aromatic heterocycles. The summed E-state index contributed by atoms with van der Waals surface area (Å²) in [5.41, 5.74) is 0. The van der Waals surface area contributed by atoms with E-state index >= 15 is 0 Å². The molecule has 0 aliphatic carbocycles. The van der Waals surface area contributed by atoms with Crippen molar-refractivity contribution >= 4 is 0 Å². The number of unbranched alkanes of at least 4 members (excludes halogenated alkanes) is 1. The minimum atomic E-state index is 0.663. The summed E-state index contributed by atoms with van der Waals surface area (Å²) in [6.45, 7) is 3.88. The third-order valence-electron chi connectivity index (χ3n) is 1.03. The summed E-state index contributed by atoms with van der Waals surface area (Å²) in [6, 6.07) is 0. The Hall–Kier alpha value is -0.440. The SMILES string of the molecule is CCCCNCN=NC. The van der Waals surface area contributed by atoms with Crippen molar-refractivity contribution < 1.29 is 0 Å². The number of rotatable bonds is 5. The van der Waals surface area contributed by atoms with Crippen molar-refractivity contribution in [2.24, 2.45) is 10.2 Å². The highest BCUT2D eigenvalue weighted by Crippen LogP contribution is 1.81. The first kappa shape index (κ1) is 8.56. The molecule has 0 aliphatic rings. The Bertz CT molecular complexity index is 70.7. The van der Waals surface area contributed by atoms with Gasteiger partial charge < -0.3 is 0 Å². The van der Waals surface area contributed by atoms with Gasteiger partial charge in [0.2, 0.25) is 0 Å². The second kappa shape index (κ2) is 7.56. The molecule has 0 spiro atoms. The molecular formula is C6H15N3. The third-order valence-corrected chi connectivity index (χ3v) is 1.03. The number of hydrogen-bond donors (Lipinski definition) is 1. The van der Waals surface area contributed by atoms with Crippen LogP contribution < -0.4 is 5.32 Å². The second-order valence-corrected chi connectivity index (χ2v) is 1.85. The molecule has 0 saturated heterocycles. The maximum Gasteiger partial charge on any atom is 0.110 e. The normalized spacial score (nSPS) is 10.9. The quantitative estimate of drug-likeness (QED) is 0.442. The van der Waals surface area contributed by atoms with Crippen LogP contribution in [0.2, 0.25) is 0 Å². The van der Waals surface area contributed by atoms with E-state index in [0.717, 1.165) is 6.54 Å². The van der Waals surface area contributed by atoms with Gasteiger partial charge in [-0.1, -0.05) is 13.3 Å². The average Bonchev–Trinajstić information content (AvgIpc) is 1.89. The molecule has 0 bridgehead atoms. The van der Waals surface area contributed by atoms with Gasteiger partial charge in [-0.2, -0.15) is 10.2 Å². The third kappa shape index (κ3) is 7.56. The van der Waals surface area contributed by atoms with Crippen molar-refractivity contribution in [2.75, 3.05) is 20.3 Å². The Balaban J connectivity index is 2.75. The Labute approximate surface area is 56.6 Å². The smallest absolute Gasteiger partial charge is 0.110 e. The summed E-state index contributed by atoms with van der Waals surface area (Å²) in [6.07, 6.45) is 2.45. The molecule has 9 heavy (non-hydrogen) atoms. The van der Waals surface area contributed by atoms with Gasteiger partial charge in [0.25, 0.3) is 0 Å². The Morgan fingerprint density at radius 2 is 2.22 bits per heavy atom. The maximum absolute atomic E-state index is 3.76. The molecule has 0 amide bonds. The summed E-state index contributed by atoms with van der Waals surface area (Å²) >= 11 is 0. The molecule has 3 nitrogen and oxygen atoms in total. The number of azo groups is 1. The molecule has 3 heteroatoms. The van der Waals surface area contributed by atoms with Gasteiger partial charge in [0.15, 0.2) is 0 Å². The van der Waals surface area contributed by atoms with Gasteiger partial charge in [0.1, 0.15) is 6.67 Å². The number of nitrogens with one attached hydrogen (secondary N) is 1. The van der Waals surface area contributed by atoms with Crippen LogP contribution >= 0.6 is 0 Å². The monoisotopic (exact) mass is 129 g/mol. The van der Waals surface area contributed by atoms with Crippen LogP contribution in [-0.4, -0.2) is 20.3 Å². The standard InChI is InChI=1S/C6H15N3/c1-3-4-5-8-6-9-7-2/h8H,3-6H2,1-2H3. The summed E-state index contributed by atoms with van der Waals surface area (Å²) in [7, 11) is 1.68. The molecule has 0 aromatic rings. The van der Waals surface area contributed by atoms with E-state index in [1.807, 2.05) is 0 Å². The number of nitrogens with zero attached hydrogens (tertiary/aromatic N) is 2. The molecule has 0 atom stereocenters. The Morgan fingerprint density at radius 1 is 1.44 bits per heavy atom. The molecule has 0 saturated carbocycles. The zero-order valence-electron chi connectivity index (χ0n) is 6.22. The van der Waals surface area contributed by atoms with Gasteiger partial charge in [-0.3, -0.25) is 5.32 Å². The summed E-state index contributed by atoms with van der Waals surface area (Å²) in [5, 5.41) is 10.5. The summed E-state index contributed by atoms with van der Waals surface area (Å²) in [4.78, 5) is 0. The molecule has 0 heterocycles. The highest BCUT2D eigenvalue weighted by Gasteiger charge is 1.80. The molecule has 0 fully saturated rings. The predicted molar refractivity (Wildman–Crippen MR) is 38.6 cm³/mol. The van der Waals surface area contributed by atoms with Gasteiger partial charge >= 0.3 is 0 Å². The van der Waals surface area contributed by atoms with E-state index in [1.165, 1.54) is 12.8 Å². The first-order chi connectivity index (χ1) is 4.41. The fraction of sp³-hybridized carbons (Fsp3) is 1.00. The van der Waals surface area contributed by atoms with Crippen LogP contribution in [0, 0.1) is 0 Å². The van der Waals surface area contributed by atoms with Crippen LogP contribution in [0.1, 0.15) is 19.8 Å². The first-order valence-electron chi connectivity index (χ1n) is 3.38. The van der Waals surface area contributed by atoms with E-state index in [4.69, 9.17) is 0 Å². The van der Waals surface area contributed by atoms with E-state index in [0.29, 0.717) is 6.67 Å². The predicted octanol–water partition coefficient (Wildman–Crippen LogP) is 1.42. The lowest BCUT2D eigenvalue weighted by Crippen LogP contribution is -2.14. The molecule has 0 rings (SSSR count). The van der Waals surface area contributed by atoms with Crippen molar-refractivity contribution in [1.29, 1.82) is 0 Å². The fourth-order valence-electron chi connectivity index (χ4n) is 0.502. The van der Waals surface area contributed by atoms with E-state index in [9.17, 15) is 0 Å². The van der Waals surface area contributed by atoms with Crippen molar-refractivity contribution in [3.05, 3.63) is 0 Å². The lowest BCUT2D eigenvalue weighted by molar-refractivity contribution is 0.639. The Morgan fingerprint density at radius 3 is 2.78 bits per heavy atom. The molecule has 0 aliphatic heterocycles. The lowest BCUT2D eigenvalue weighted by atomic mass is 10.3. The zero-order valence-corrected chi connectivity index (χ0v) is 6.22. The summed E-state index contributed by atoms with van der Waals surface area (Å²) in [5.74, 6) is 0. The first-order valence-corrected chi connectivity index (χ1v) is 3.38. The Kier molecular flexibility index (Phi) is 7.19. The van der Waals surface area contributed by atoms with Gasteiger partial charge in [-0.05, 0) is 13.0 Å². The summed E-state index contributed by atoms with van der Waals surface area (Å²) < 4.78 is 0. The van der Waals surface area contributed by atoms with Crippen molar-refractivity contribution in [1.82, 2.24) is 5.32 Å². The lowest BCUT2D eigenvalue weighted by Gasteiger charge is -1.95. The highest BCUT2D eigenvalue weighted by molar-refractivity contribution is 4.41. The largest absolute Gasteiger partial charge is 0.297 e. The number of hydrogen-bond acceptors (Lipinski definition) is 3. The van der Waals surface area contributed by atoms with Crippen molar-refractivity contribution in [2.45, 2.75) is 19.8 Å². The minimum absolute atomic E-state index is 0.663. The van der Waals surface area contributed by atoms with Gasteiger partial charge in [0.05, 0.1) is 0 Å². The van der Waals surface area contributed by atoms with Crippen LogP contribution in [0.3, 0.4) is 0 Å². The van der Waals surface area contributed by atoms with E-state index in [1.54, 1.807) is 7.05 Å². The minimum Gasteiger partial charge on any atom is -0.297 e. The highest BCUT2D eigenvalue weighted by atomic mass is 15.2. The molecule has 1 N–H and O–H groups in total. The maximum atomic E-state index is 3.76. The topological polar surface area (TPSA) is 36.8 Å². The molecule has 0 unspecified atom stereocenters. The van der Waals surface area contributed by atoms with Crippen LogP contribution in [-0.2, 0) is 0 Å². The van der Waals surface area contributed by atoms with E-state index in [2.05, 4.69) is 22.5 Å². The van der Waals surface area contributed by atoms with Gasteiger partial charge in [0, 0.05) is 7.05 Å². The van der Waals surface area contributed by atoms with Gasteiger partial charge in [-0.15, -0.1) is 0 Å². The average molecular weight is 129 g/mol. The zero-order chi connectivity index (χ0) is 6.95. The van der Waals surface area contributed by atoms with Crippen LogP contribution in [0.25, 0.3) is 0 Å². The van der Waals surface area contributed by atoms with E-state index in [-0.39, 0.29) is 0 Å². The van der Waals surface area contributed by atoms with Crippen LogP contribution in [0.15, 0.2) is 10.2 Å². The van der Waals surface area contributed by atoms with Crippen LogP contribution in [0.5, 0.6) is 0 Å². The van der Waals surface area contributed by atoms with E-state index < -0.39 is 0 Å².